The zero-order chi connectivity index (χ0) is 9.73. The van der Waals surface area contributed by atoms with Gasteiger partial charge in [-0.1, -0.05) is 0 Å². The third-order valence-electron chi connectivity index (χ3n) is 2.05. The van der Waals surface area contributed by atoms with E-state index >= 15 is 0 Å². The molecule has 0 saturated carbocycles. The first-order valence-electron chi connectivity index (χ1n) is 5.02. The normalized spacial score (nSPS) is 20.5. The molecule has 0 N–H and O–H groups in total. The van der Waals surface area contributed by atoms with Crippen LogP contribution in [-0.2, 0) is 9.47 Å². The third kappa shape index (κ3) is 5.24. The Morgan fingerprint density at radius 1 is 1.23 bits per heavy atom. The van der Waals surface area contributed by atoms with Crippen LogP contribution < -0.4 is 0 Å². The zero-order valence-corrected chi connectivity index (χ0v) is 9.01. The van der Waals surface area contributed by atoms with Gasteiger partial charge in [-0.15, -0.1) is 0 Å². The van der Waals surface area contributed by atoms with Crippen LogP contribution in [0.3, 0.4) is 0 Å². The van der Waals surface area contributed by atoms with Gasteiger partial charge in [0, 0.05) is 19.6 Å². The minimum absolute atomic E-state index is 0.00765. The van der Waals surface area contributed by atoms with Crippen molar-refractivity contribution in [1.29, 1.82) is 0 Å². The molecule has 0 aromatic carbocycles. The van der Waals surface area contributed by atoms with Crippen LogP contribution in [-0.4, -0.2) is 50.0 Å². The van der Waals surface area contributed by atoms with Crippen LogP contribution in [0.25, 0.3) is 0 Å². The van der Waals surface area contributed by atoms with Crippen molar-refractivity contribution in [3.63, 3.8) is 0 Å². The van der Waals surface area contributed by atoms with Gasteiger partial charge in [0.05, 0.1) is 25.4 Å². The van der Waals surface area contributed by atoms with E-state index in [0.29, 0.717) is 0 Å². The first kappa shape index (κ1) is 11.0. The highest BCUT2D eigenvalue weighted by molar-refractivity contribution is 4.63. The van der Waals surface area contributed by atoms with Crippen LogP contribution in [0.2, 0.25) is 0 Å². The van der Waals surface area contributed by atoms with Crippen molar-refractivity contribution in [2.75, 3.05) is 39.5 Å². The summed E-state index contributed by atoms with van der Waals surface area (Å²) in [4.78, 5) is 2.38. The van der Waals surface area contributed by atoms with Crippen molar-refractivity contribution < 1.29 is 9.47 Å². The first-order chi connectivity index (χ1) is 6.08. The average Bonchev–Trinajstić information content (AvgIpc) is 2.04. The number of hydrogen-bond acceptors (Lipinski definition) is 3. The van der Waals surface area contributed by atoms with Gasteiger partial charge in [-0.2, -0.15) is 0 Å². The fraction of sp³-hybridized carbons (Fsp3) is 1.00. The standard InChI is InChI=1S/C10H21NO2/c1-10(2,3)13-9-6-11-4-7-12-8-5-11/h4-9H2,1-3H3. The summed E-state index contributed by atoms with van der Waals surface area (Å²) < 4.78 is 10.9. The average molecular weight is 187 g/mol. The molecule has 78 valence electrons. The summed E-state index contributed by atoms with van der Waals surface area (Å²) in [6.07, 6.45) is 0. The Morgan fingerprint density at radius 2 is 1.85 bits per heavy atom. The van der Waals surface area contributed by atoms with Crippen molar-refractivity contribution in [3.05, 3.63) is 0 Å². The van der Waals surface area contributed by atoms with E-state index in [1.807, 2.05) is 0 Å². The highest BCUT2D eigenvalue weighted by atomic mass is 16.5. The molecule has 0 aliphatic carbocycles. The second-order valence-electron chi connectivity index (χ2n) is 4.41. The summed E-state index contributed by atoms with van der Waals surface area (Å²) in [5.74, 6) is 0. The Balaban J connectivity index is 2.04. The molecule has 0 bridgehead atoms. The van der Waals surface area contributed by atoms with E-state index in [9.17, 15) is 0 Å². The molecule has 0 aromatic rings. The van der Waals surface area contributed by atoms with E-state index in [1.54, 1.807) is 0 Å². The van der Waals surface area contributed by atoms with Gasteiger partial charge in [0.15, 0.2) is 0 Å². The summed E-state index contributed by atoms with van der Waals surface area (Å²) in [5.41, 5.74) is -0.00765. The second-order valence-corrected chi connectivity index (χ2v) is 4.41. The first-order valence-corrected chi connectivity index (χ1v) is 5.02. The van der Waals surface area contributed by atoms with Gasteiger partial charge in [0.2, 0.25) is 0 Å². The SMILES string of the molecule is CC(C)(C)OCCN1CCOCC1. The topological polar surface area (TPSA) is 21.7 Å². The van der Waals surface area contributed by atoms with E-state index in [4.69, 9.17) is 9.47 Å². The Kier molecular flexibility index (Phi) is 4.16. The predicted molar refractivity (Wildman–Crippen MR) is 53.0 cm³/mol. The van der Waals surface area contributed by atoms with E-state index in [-0.39, 0.29) is 5.60 Å². The molecule has 0 radical (unpaired) electrons. The van der Waals surface area contributed by atoms with Crippen LogP contribution in [0.4, 0.5) is 0 Å². The van der Waals surface area contributed by atoms with Gasteiger partial charge < -0.3 is 9.47 Å². The summed E-state index contributed by atoms with van der Waals surface area (Å²) in [6, 6.07) is 0. The fourth-order valence-electron chi connectivity index (χ4n) is 1.31. The maximum Gasteiger partial charge on any atom is 0.0600 e. The molecule has 0 atom stereocenters. The minimum Gasteiger partial charge on any atom is -0.379 e. The molecule has 1 aliphatic heterocycles. The predicted octanol–water partition coefficient (Wildman–Crippen LogP) is 1.13. The maximum absolute atomic E-state index is 5.65. The van der Waals surface area contributed by atoms with E-state index in [1.165, 1.54) is 0 Å². The minimum atomic E-state index is -0.00765. The molecule has 0 amide bonds. The van der Waals surface area contributed by atoms with Crippen LogP contribution in [0, 0.1) is 0 Å². The quantitative estimate of drug-likeness (QED) is 0.661. The lowest BCUT2D eigenvalue weighted by molar-refractivity contribution is -0.0283. The number of morpholine rings is 1. The Bertz CT molecular complexity index is 136. The van der Waals surface area contributed by atoms with Crippen molar-refractivity contribution in [3.8, 4) is 0 Å². The third-order valence-corrected chi connectivity index (χ3v) is 2.05. The summed E-state index contributed by atoms with van der Waals surface area (Å²) >= 11 is 0. The Hall–Kier alpha value is -0.120. The molecule has 3 heteroatoms. The molecule has 0 unspecified atom stereocenters. The molecule has 3 nitrogen and oxygen atoms in total. The van der Waals surface area contributed by atoms with E-state index in [0.717, 1.165) is 39.5 Å². The van der Waals surface area contributed by atoms with Crippen LogP contribution in [0.1, 0.15) is 20.8 Å². The molecule has 1 saturated heterocycles. The fourth-order valence-corrected chi connectivity index (χ4v) is 1.31. The van der Waals surface area contributed by atoms with E-state index in [2.05, 4.69) is 25.7 Å². The van der Waals surface area contributed by atoms with Gasteiger partial charge in [0.25, 0.3) is 0 Å². The van der Waals surface area contributed by atoms with Gasteiger partial charge in [0.1, 0.15) is 0 Å². The summed E-state index contributed by atoms with van der Waals surface area (Å²) in [6.45, 7) is 12.0. The lowest BCUT2D eigenvalue weighted by atomic mass is 10.2. The lowest BCUT2D eigenvalue weighted by Gasteiger charge is -2.28. The molecule has 1 aliphatic rings. The van der Waals surface area contributed by atoms with Crippen LogP contribution in [0.5, 0.6) is 0 Å². The zero-order valence-electron chi connectivity index (χ0n) is 9.01. The Morgan fingerprint density at radius 3 is 2.38 bits per heavy atom. The van der Waals surface area contributed by atoms with Gasteiger partial charge in [-0.3, -0.25) is 4.90 Å². The lowest BCUT2D eigenvalue weighted by Crippen LogP contribution is -2.39. The second kappa shape index (κ2) is 4.94. The van der Waals surface area contributed by atoms with Gasteiger partial charge >= 0.3 is 0 Å². The van der Waals surface area contributed by atoms with Crippen LogP contribution >= 0.6 is 0 Å². The smallest absolute Gasteiger partial charge is 0.0600 e. The van der Waals surface area contributed by atoms with Crippen molar-refractivity contribution in [1.82, 2.24) is 4.90 Å². The number of rotatable bonds is 3. The van der Waals surface area contributed by atoms with Gasteiger partial charge in [-0.05, 0) is 20.8 Å². The van der Waals surface area contributed by atoms with Crippen molar-refractivity contribution in [2.45, 2.75) is 26.4 Å². The molecule has 13 heavy (non-hydrogen) atoms. The maximum atomic E-state index is 5.65. The summed E-state index contributed by atoms with van der Waals surface area (Å²) in [7, 11) is 0. The molecule has 1 fully saturated rings. The van der Waals surface area contributed by atoms with E-state index < -0.39 is 0 Å². The molecule has 0 spiro atoms. The molecular formula is C10H21NO2. The molecule has 0 aromatic heterocycles. The number of ether oxygens (including phenoxy) is 2. The number of hydrogen-bond donors (Lipinski definition) is 0. The molecular weight excluding hydrogens is 166 g/mol. The van der Waals surface area contributed by atoms with Crippen molar-refractivity contribution in [2.24, 2.45) is 0 Å². The highest BCUT2D eigenvalue weighted by Crippen LogP contribution is 2.06. The highest BCUT2D eigenvalue weighted by Gasteiger charge is 2.13. The summed E-state index contributed by atoms with van der Waals surface area (Å²) in [5, 5.41) is 0. The Labute approximate surface area is 81.0 Å². The van der Waals surface area contributed by atoms with Crippen LogP contribution in [0.15, 0.2) is 0 Å². The van der Waals surface area contributed by atoms with Gasteiger partial charge in [-0.25, -0.2) is 0 Å². The monoisotopic (exact) mass is 187 g/mol. The van der Waals surface area contributed by atoms with Crippen molar-refractivity contribution >= 4 is 0 Å². The number of nitrogens with zero attached hydrogens (tertiary/aromatic N) is 1. The largest absolute Gasteiger partial charge is 0.379 e. The molecule has 1 rings (SSSR count). The molecule has 1 heterocycles.